The van der Waals surface area contributed by atoms with Crippen molar-refractivity contribution in [1.29, 1.82) is 0 Å². The molecule has 0 aromatic heterocycles. The molecule has 0 aliphatic rings. The van der Waals surface area contributed by atoms with Crippen molar-refractivity contribution in [2.45, 2.75) is 0 Å². The highest BCUT2D eigenvalue weighted by atomic mass is 35.5. The van der Waals surface area contributed by atoms with Crippen molar-refractivity contribution in [3.05, 3.63) is 58.6 Å². The molecule has 0 saturated heterocycles. The van der Waals surface area contributed by atoms with Crippen LogP contribution in [-0.4, -0.2) is 27.1 Å². The van der Waals surface area contributed by atoms with Crippen LogP contribution in [0.2, 0.25) is 5.02 Å². The van der Waals surface area contributed by atoms with Crippen LogP contribution in [0.25, 0.3) is 6.08 Å². The Labute approximate surface area is 140 Å². The van der Waals surface area contributed by atoms with Gasteiger partial charge in [0, 0.05) is 5.56 Å². The molecule has 0 N–H and O–H groups in total. The molecule has 0 atom stereocenters. The zero-order valence-electron chi connectivity index (χ0n) is 13.1. The number of hydrogen-bond acceptors (Lipinski definition) is 4. The van der Waals surface area contributed by atoms with Gasteiger partial charge in [-0.1, -0.05) is 29.8 Å². The monoisotopic (exact) mass is 332 g/mol. The summed E-state index contributed by atoms with van der Waals surface area (Å²) in [5, 5.41) is 0.423. The van der Waals surface area contributed by atoms with Gasteiger partial charge < -0.3 is 14.2 Å². The van der Waals surface area contributed by atoms with Crippen LogP contribution in [0.4, 0.5) is 0 Å². The minimum atomic E-state index is -0.177. The average molecular weight is 333 g/mol. The van der Waals surface area contributed by atoms with Crippen molar-refractivity contribution in [3.63, 3.8) is 0 Å². The van der Waals surface area contributed by atoms with Crippen LogP contribution in [0.5, 0.6) is 17.2 Å². The molecule has 4 nitrogen and oxygen atoms in total. The van der Waals surface area contributed by atoms with Gasteiger partial charge in [0.05, 0.1) is 26.4 Å². The van der Waals surface area contributed by atoms with Crippen molar-refractivity contribution >= 4 is 23.5 Å². The van der Waals surface area contributed by atoms with Crippen LogP contribution in [0, 0.1) is 0 Å². The topological polar surface area (TPSA) is 44.8 Å². The second kappa shape index (κ2) is 7.70. The van der Waals surface area contributed by atoms with Gasteiger partial charge in [0.15, 0.2) is 17.3 Å². The SMILES string of the molecule is COc1cc(/C=C/C(=O)c2ccccc2Cl)cc(OC)c1OC. The summed E-state index contributed by atoms with van der Waals surface area (Å²) in [6.07, 6.45) is 3.14. The lowest BCUT2D eigenvalue weighted by molar-refractivity contribution is 0.104. The molecule has 0 saturated carbocycles. The van der Waals surface area contributed by atoms with Crippen LogP contribution in [0.1, 0.15) is 15.9 Å². The number of hydrogen-bond donors (Lipinski definition) is 0. The number of carbonyl (C=O) groups excluding carboxylic acids is 1. The first-order valence-corrected chi connectivity index (χ1v) is 7.25. The quantitative estimate of drug-likeness (QED) is 0.585. The van der Waals surface area contributed by atoms with Crippen molar-refractivity contribution in [3.8, 4) is 17.2 Å². The Kier molecular flexibility index (Phi) is 5.66. The van der Waals surface area contributed by atoms with E-state index in [0.717, 1.165) is 5.56 Å². The Balaban J connectivity index is 2.32. The van der Waals surface area contributed by atoms with Gasteiger partial charge in [-0.2, -0.15) is 0 Å². The molecular formula is C18H17ClO4. The number of rotatable bonds is 6. The van der Waals surface area contributed by atoms with Crippen LogP contribution >= 0.6 is 11.6 Å². The number of benzene rings is 2. The zero-order chi connectivity index (χ0) is 16.8. The van der Waals surface area contributed by atoms with E-state index in [9.17, 15) is 4.79 Å². The van der Waals surface area contributed by atoms with Gasteiger partial charge in [0.2, 0.25) is 5.75 Å². The van der Waals surface area contributed by atoms with E-state index in [-0.39, 0.29) is 5.78 Å². The van der Waals surface area contributed by atoms with Crippen molar-refractivity contribution in [1.82, 2.24) is 0 Å². The van der Waals surface area contributed by atoms with Crippen LogP contribution in [-0.2, 0) is 0 Å². The summed E-state index contributed by atoms with van der Waals surface area (Å²) >= 11 is 6.02. The Hall–Kier alpha value is -2.46. The van der Waals surface area contributed by atoms with Gasteiger partial charge in [0.25, 0.3) is 0 Å². The fourth-order valence-corrected chi connectivity index (χ4v) is 2.35. The third-order valence-corrected chi connectivity index (χ3v) is 3.58. The summed E-state index contributed by atoms with van der Waals surface area (Å²) in [7, 11) is 4.62. The first kappa shape index (κ1) is 16.9. The molecule has 0 heterocycles. The number of allylic oxidation sites excluding steroid dienone is 1. The standard InChI is InChI=1S/C18H17ClO4/c1-21-16-10-12(11-17(22-2)18(16)23-3)8-9-15(20)13-6-4-5-7-14(13)19/h4-11H,1-3H3/b9-8+. The molecule has 120 valence electrons. The van der Waals surface area contributed by atoms with Gasteiger partial charge in [-0.05, 0) is 35.9 Å². The number of carbonyl (C=O) groups is 1. The number of methoxy groups -OCH3 is 3. The van der Waals surface area contributed by atoms with Crippen molar-refractivity contribution in [2.24, 2.45) is 0 Å². The Morgan fingerprint density at radius 2 is 1.61 bits per heavy atom. The predicted molar refractivity (Wildman–Crippen MR) is 90.9 cm³/mol. The van der Waals surface area contributed by atoms with Gasteiger partial charge in [-0.3, -0.25) is 4.79 Å². The third-order valence-electron chi connectivity index (χ3n) is 3.25. The highest BCUT2D eigenvalue weighted by molar-refractivity contribution is 6.34. The maximum Gasteiger partial charge on any atom is 0.203 e. The molecule has 0 spiro atoms. The lowest BCUT2D eigenvalue weighted by Crippen LogP contribution is -1.96. The molecule has 2 aromatic carbocycles. The summed E-state index contributed by atoms with van der Waals surface area (Å²) < 4.78 is 15.8. The minimum absolute atomic E-state index is 0.177. The second-order valence-electron chi connectivity index (χ2n) is 4.64. The minimum Gasteiger partial charge on any atom is -0.493 e. The number of ketones is 1. The summed E-state index contributed by atoms with van der Waals surface area (Å²) in [6.45, 7) is 0. The molecule has 0 bridgehead atoms. The van der Waals surface area contributed by atoms with E-state index in [0.29, 0.717) is 27.8 Å². The molecule has 2 rings (SSSR count). The van der Waals surface area contributed by atoms with E-state index in [4.69, 9.17) is 25.8 Å². The lowest BCUT2D eigenvalue weighted by atomic mass is 10.1. The van der Waals surface area contributed by atoms with E-state index < -0.39 is 0 Å². The predicted octanol–water partition coefficient (Wildman–Crippen LogP) is 4.26. The fourth-order valence-electron chi connectivity index (χ4n) is 2.12. The molecule has 0 aliphatic heterocycles. The zero-order valence-corrected chi connectivity index (χ0v) is 13.9. The third kappa shape index (κ3) is 3.85. The molecule has 2 aromatic rings. The van der Waals surface area contributed by atoms with Crippen LogP contribution < -0.4 is 14.2 Å². The Morgan fingerprint density at radius 1 is 1.00 bits per heavy atom. The summed E-state index contributed by atoms with van der Waals surface area (Å²) in [6, 6.07) is 10.4. The lowest BCUT2D eigenvalue weighted by Gasteiger charge is -2.12. The van der Waals surface area contributed by atoms with E-state index in [1.54, 1.807) is 56.7 Å². The van der Waals surface area contributed by atoms with E-state index in [1.165, 1.54) is 13.2 Å². The molecule has 0 fully saturated rings. The molecular weight excluding hydrogens is 316 g/mol. The normalized spacial score (nSPS) is 10.6. The second-order valence-corrected chi connectivity index (χ2v) is 5.04. The first-order chi connectivity index (χ1) is 11.1. The van der Waals surface area contributed by atoms with Crippen LogP contribution in [0.15, 0.2) is 42.5 Å². The molecule has 5 heteroatoms. The van der Waals surface area contributed by atoms with Gasteiger partial charge in [0.1, 0.15) is 0 Å². The molecule has 23 heavy (non-hydrogen) atoms. The number of halogens is 1. The fraction of sp³-hybridized carbons (Fsp3) is 0.167. The molecule has 0 amide bonds. The summed E-state index contributed by atoms with van der Waals surface area (Å²) in [5.41, 5.74) is 1.21. The van der Waals surface area contributed by atoms with Gasteiger partial charge >= 0.3 is 0 Å². The average Bonchev–Trinajstić information content (AvgIpc) is 2.58. The van der Waals surface area contributed by atoms with Gasteiger partial charge in [-0.25, -0.2) is 0 Å². The van der Waals surface area contributed by atoms with E-state index in [2.05, 4.69) is 0 Å². The summed E-state index contributed by atoms with van der Waals surface area (Å²) in [5.74, 6) is 1.38. The number of ether oxygens (including phenoxy) is 3. The highest BCUT2D eigenvalue weighted by Crippen LogP contribution is 2.38. The summed E-state index contributed by atoms with van der Waals surface area (Å²) in [4.78, 5) is 12.2. The largest absolute Gasteiger partial charge is 0.493 e. The maximum absolute atomic E-state index is 12.2. The Morgan fingerprint density at radius 3 is 2.13 bits per heavy atom. The van der Waals surface area contributed by atoms with Gasteiger partial charge in [-0.15, -0.1) is 0 Å². The van der Waals surface area contributed by atoms with Crippen molar-refractivity contribution < 1.29 is 19.0 Å². The molecule has 0 aliphatic carbocycles. The first-order valence-electron chi connectivity index (χ1n) is 6.87. The maximum atomic E-state index is 12.2. The van der Waals surface area contributed by atoms with E-state index in [1.807, 2.05) is 0 Å². The highest BCUT2D eigenvalue weighted by Gasteiger charge is 2.12. The van der Waals surface area contributed by atoms with E-state index >= 15 is 0 Å². The molecule has 0 unspecified atom stereocenters. The van der Waals surface area contributed by atoms with Crippen molar-refractivity contribution in [2.75, 3.05) is 21.3 Å². The Bertz CT molecular complexity index is 713. The van der Waals surface area contributed by atoms with Crippen LogP contribution in [0.3, 0.4) is 0 Å². The molecule has 0 radical (unpaired) electrons. The smallest absolute Gasteiger partial charge is 0.203 e.